The van der Waals surface area contributed by atoms with Crippen LogP contribution in [0.3, 0.4) is 0 Å². The molecule has 0 heterocycles. The van der Waals surface area contributed by atoms with Gasteiger partial charge in [-0.2, -0.15) is 0 Å². The summed E-state index contributed by atoms with van der Waals surface area (Å²) in [7, 11) is 0. The number of halogens is 2. The van der Waals surface area contributed by atoms with Crippen LogP contribution in [-0.2, 0) is 0 Å². The highest BCUT2D eigenvalue weighted by Crippen LogP contribution is 2.22. The van der Waals surface area contributed by atoms with Crippen molar-refractivity contribution in [3.63, 3.8) is 0 Å². The van der Waals surface area contributed by atoms with Crippen LogP contribution in [0.2, 0.25) is 10.0 Å². The van der Waals surface area contributed by atoms with Crippen molar-refractivity contribution in [2.45, 2.75) is 32.9 Å². The topological polar surface area (TPSA) is 52.6 Å². The van der Waals surface area contributed by atoms with Gasteiger partial charge in [0.1, 0.15) is 0 Å². The summed E-state index contributed by atoms with van der Waals surface area (Å²) in [4.78, 5) is 13.7. The Bertz CT molecular complexity index is 430. The summed E-state index contributed by atoms with van der Waals surface area (Å²) in [6, 6.07) is 4.51. The number of nitrogens with one attached hydrogen (secondary N) is 1. The summed E-state index contributed by atoms with van der Waals surface area (Å²) in [5, 5.41) is 13.0. The number of hydrogen-bond acceptors (Lipinski definition) is 2. The summed E-state index contributed by atoms with van der Waals surface area (Å²) in [6.07, 6.45) is -0.587. The van der Waals surface area contributed by atoms with Crippen molar-refractivity contribution in [1.82, 2.24) is 4.90 Å². The Labute approximate surface area is 123 Å². The van der Waals surface area contributed by atoms with Crippen molar-refractivity contribution in [2.24, 2.45) is 0 Å². The second kappa shape index (κ2) is 6.98. The molecule has 6 heteroatoms. The fourth-order valence-electron chi connectivity index (χ4n) is 1.63. The van der Waals surface area contributed by atoms with Crippen LogP contribution in [0.4, 0.5) is 10.5 Å². The van der Waals surface area contributed by atoms with Gasteiger partial charge in [0, 0.05) is 28.3 Å². The lowest BCUT2D eigenvalue weighted by Gasteiger charge is -2.28. The molecule has 0 fully saturated rings. The number of nitrogens with zero attached hydrogens (tertiary/aromatic N) is 1. The van der Waals surface area contributed by atoms with E-state index in [2.05, 4.69) is 5.32 Å². The number of urea groups is 1. The number of rotatable bonds is 4. The molecule has 0 aromatic heterocycles. The second-order valence-electron chi connectivity index (χ2n) is 4.68. The highest BCUT2D eigenvalue weighted by molar-refractivity contribution is 6.35. The lowest BCUT2D eigenvalue weighted by atomic mass is 10.2. The highest BCUT2D eigenvalue weighted by Gasteiger charge is 2.18. The first-order valence-electron chi connectivity index (χ1n) is 6.01. The van der Waals surface area contributed by atoms with E-state index in [1.54, 1.807) is 30.0 Å². The molecule has 0 bridgehead atoms. The molecule has 1 atom stereocenters. The molecule has 1 aromatic rings. The molecule has 0 saturated heterocycles. The van der Waals surface area contributed by atoms with Gasteiger partial charge < -0.3 is 15.3 Å². The molecule has 19 heavy (non-hydrogen) atoms. The van der Waals surface area contributed by atoms with E-state index in [0.29, 0.717) is 15.7 Å². The number of carbonyl (C=O) groups is 1. The molecule has 2 amide bonds. The normalized spacial score (nSPS) is 12.4. The van der Waals surface area contributed by atoms with E-state index in [0.717, 1.165) is 0 Å². The highest BCUT2D eigenvalue weighted by atomic mass is 35.5. The molecule has 106 valence electrons. The minimum Gasteiger partial charge on any atom is -0.392 e. The average Bonchev–Trinajstić information content (AvgIpc) is 2.23. The summed E-state index contributed by atoms with van der Waals surface area (Å²) < 4.78 is 0. The van der Waals surface area contributed by atoms with Crippen LogP contribution in [0.25, 0.3) is 0 Å². The maximum atomic E-state index is 12.1. The molecule has 1 aromatic carbocycles. The lowest BCUT2D eigenvalue weighted by Crippen LogP contribution is -2.43. The van der Waals surface area contributed by atoms with E-state index in [1.165, 1.54) is 0 Å². The van der Waals surface area contributed by atoms with Crippen LogP contribution >= 0.6 is 23.2 Å². The number of anilines is 1. The first-order chi connectivity index (χ1) is 8.79. The van der Waals surface area contributed by atoms with Gasteiger partial charge in [0.2, 0.25) is 0 Å². The monoisotopic (exact) mass is 304 g/mol. The van der Waals surface area contributed by atoms with Crippen molar-refractivity contribution < 1.29 is 9.90 Å². The molecule has 0 spiro atoms. The van der Waals surface area contributed by atoms with E-state index in [-0.39, 0.29) is 18.6 Å². The third-order valence-electron chi connectivity index (χ3n) is 2.46. The van der Waals surface area contributed by atoms with Gasteiger partial charge in [-0.1, -0.05) is 23.2 Å². The smallest absolute Gasteiger partial charge is 0.322 e. The minimum absolute atomic E-state index is 0.0238. The Kier molecular flexibility index (Phi) is 5.91. The summed E-state index contributed by atoms with van der Waals surface area (Å²) in [6.45, 7) is 5.66. The SMILES string of the molecule is CC(O)CN(C(=O)Nc1cc(Cl)cc(Cl)c1)C(C)C. The molecular formula is C13H18Cl2N2O2. The van der Waals surface area contributed by atoms with Crippen molar-refractivity contribution in [3.05, 3.63) is 28.2 Å². The largest absolute Gasteiger partial charge is 0.392 e. The lowest BCUT2D eigenvalue weighted by molar-refractivity contribution is 0.125. The number of hydrogen-bond donors (Lipinski definition) is 2. The molecule has 1 unspecified atom stereocenters. The Balaban J connectivity index is 2.81. The molecule has 0 aliphatic rings. The molecule has 0 aliphatic carbocycles. The number of aliphatic hydroxyl groups is 1. The zero-order valence-electron chi connectivity index (χ0n) is 11.2. The van der Waals surface area contributed by atoms with Crippen LogP contribution in [0.15, 0.2) is 18.2 Å². The zero-order chi connectivity index (χ0) is 14.6. The van der Waals surface area contributed by atoms with Crippen LogP contribution in [-0.4, -0.2) is 34.7 Å². The third-order valence-corrected chi connectivity index (χ3v) is 2.90. The standard InChI is InChI=1S/C13H18Cl2N2O2/c1-8(2)17(7-9(3)18)13(19)16-12-5-10(14)4-11(15)6-12/h4-6,8-9,18H,7H2,1-3H3,(H,16,19). The Morgan fingerprint density at radius 2 is 1.79 bits per heavy atom. The van der Waals surface area contributed by atoms with Crippen molar-refractivity contribution in [3.8, 4) is 0 Å². The molecule has 0 saturated carbocycles. The molecule has 4 nitrogen and oxygen atoms in total. The van der Waals surface area contributed by atoms with Crippen LogP contribution < -0.4 is 5.32 Å². The van der Waals surface area contributed by atoms with E-state index in [9.17, 15) is 9.90 Å². The van der Waals surface area contributed by atoms with Gasteiger partial charge in [-0.25, -0.2) is 4.79 Å². The zero-order valence-corrected chi connectivity index (χ0v) is 12.7. The number of amides is 2. The number of benzene rings is 1. The fourth-order valence-corrected chi connectivity index (χ4v) is 2.16. The van der Waals surface area contributed by atoms with Crippen molar-refractivity contribution in [2.75, 3.05) is 11.9 Å². The van der Waals surface area contributed by atoms with E-state index >= 15 is 0 Å². The number of carbonyl (C=O) groups excluding carboxylic acids is 1. The van der Waals surface area contributed by atoms with E-state index in [1.807, 2.05) is 13.8 Å². The fraction of sp³-hybridized carbons (Fsp3) is 0.462. The maximum absolute atomic E-state index is 12.1. The van der Waals surface area contributed by atoms with Gasteiger partial charge >= 0.3 is 6.03 Å². The molecular weight excluding hydrogens is 287 g/mol. The van der Waals surface area contributed by atoms with Gasteiger partial charge in [0.25, 0.3) is 0 Å². The molecule has 2 N–H and O–H groups in total. The average molecular weight is 305 g/mol. The van der Waals surface area contributed by atoms with Crippen LogP contribution in [0, 0.1) is 0 Å². The summed E-state index contributed by atoms with van der Waals surface area (Å²) in [5.41, 5.74) is 0.527. The Morgan fingerprint density at radius 1 is 1.26 bits per heavy atom. The minimum atomic E-state index is -0.587. The van der Waals surface area contributed by atoms with Gasteiger partial charge in [-0.15, -0.1) is 0 Å². The van der Waals surface area contributed by atoms with Gasteiger partial charge in [-0.3, -0.25) is 0 Å². The Hall–Kier alpha value is -0.970. The molecule has 1 rings (SSSR count). The first kappa shape index (κ1) is 16.1. The van der Waals surface area contributed by atoms with Crippen molar-refractivity contribution in [1.29, 1.82) is 0 Å². The predicted octanol–water partition coefficient (Wildman–Crippen LogP) is 3.62. The molecule has 0 radical (unpaired) electrons. The first-order valence-corrected chi connectivity index (χ1v) is 6.77. The van der Waals surface area contributed by atoms with Crippen LogP contribution in [0.1, 0.15) is 20.8 Å². The van der Waals surface area contributed by atoms with Gasteiger partial charge in [-0.05, 0) is 39.0 Å². The van der Waals surface area contributed by atoms with Gasteiger partial charge in [0.05, 0.1) is 6.10 Å². The van der Waals surface area contributed by atoms with Crippen LogP contribution in [0.5, 0.6) is 0 Å². The van der Waals surface area contributed by atoms with Crippen molar-refractivity contribution >= 4 is 34.9 Å². The summed E-state index contributed by atoms with van der Waals surface area (Å²) >= 11 is 11.7. The van der Waals surface area contributed by atoms with E-state index < -0.39 is 6.10 Å². The second-order valence-corrected chi connectivity index (χ2v) is 5.56. The van der Waals surface area contributed by atoms with Gasteiger partial charge in [0.15, 0.2) is 0 Å². The molecule has 0 aliphatic heterocycles. The Morgan fingerprint density at radius 3 is 2.21 bits per heavy atom. The third kappa shape index (κ3) is 5.27. The summed E-state index contributed by atoms with van der Waals surface area (Å²) in [5.74, 6) is 0. The predicted molar refractivity (Wildman–Crippen MR) is 79.0 cm³/mol. The maximum Gasteiger partial charge on any atom is 0.322 e. The number of aliphatic hydroxyl groups excluding tert-OH is 1. The quantitative estimate of drug-likeness (QED) is 0.892. The van der Waals surface area contributed by atoms with E-state index in [4.69, 9.17) is 23.2 Å².